The van der Waals surface area contributed by atoms with Gasteiger partial charge in [-0.05, 0) is 25.8 Å². The molecule has 0 bridgehead atoms. The van der Waals surface area contributed by atoms with E-state index in [1.165, 1.54) is 0 Å². The molecule has 0 radical (unpaired) electrons. The second kappa shape index (κ2) is 9.48. The Hall–Kier alpha value is -3.40. The number of hydrogen-bond acceptors (Lipinski definition) is 4. The number of piperazine rings is 1. The summed E-state index contributed by atoms with van der Waals surface area (Å²) in [4.78, 5) is 41.0. The molecule has 2 aromatic heterocycles. The van der Waals surface area contributed by atoms with Crippen molar-refractivity contribution in [1.82, 2.24) is 9.47 Å². The Kier molecular flexibility index (Phi) is 6.47. The average Bonchev–Trinajstić information content (AvgIpc) is 2.87. The van der Waals surface area contributed by atoms with Gasteiger partial charge in [0.1, 0.15) is 0 Å². The highest BCUT2D eigenvalue weighted by molar-refractivity contribution is 6.34. The number of carbonyl (C=O) groups is 2. The van der Waals surface area contributed by atoms with Crippen molar-refractivity contribution in [3.63, 3.8) is 0 Å². The van der Waals surface area contributed by atoms with Crippen molar-refractivity contribution in [3.05, 3.63) is 69.2 Å². The molecule has 0 aliphatic carbocycles. The number of halogens is 4. The molecule has 2 aliphatic rings. The van der Waals surface area contributed by atoms with Gasteiger partial charge < -0.3 is 14.4 Å². The van der Waals surface area contributed by atoms with Gasteiger partial charge in [-0.25, -0.2) is 0 Å². The zero-order valence-electron chi connectivity index (χ0n) is 20.1. The molecule has 1 aromatic carbocycles. The number of nitrogens with zero attached hydrogens (tertiary/aromatic N) is 4. The third kappa shape index (κ3) is 4.58. The van der Waals surface area contributed by atoms with Crippen LogP contribution in [0.3, 0.4) is 0 Å². The number of benzene rings is 1. The van der Waals surface area contributed by atoms with E-state index < -0.39 is 17.5 Å². The molecule has 4 heterocycles. The molecule has 3 aromatic rings. The van der Waals surface area contributed by atoms with E-state index in [4.69, 9.17) is 11.6 Å². The maximum atomic E-state index is 13.5. The van der Waals surface area contributed by atoms with Crippen LogP contribution in [0.1, 0.15) is 35.3 Å². The van der Waals surface area contributed by atoms with Crippen molar-refractivity contribution in [1.29, 1.82) is 0 Å². The second-order valence-corrected chi connectivity index (χ2v) is 9.90. The zero-order valence-corrected chi connectivity index (χ0v) is 20.8. The lowest BCUT2D eigenvalue weighted by atomic mass is 9.93. The molecule has 0 saturated carbocycles. The minimum Gasteiger partial charge on any atom is -0.366 e. The summed E-state index contributed by atoms with van der Waals surface area (Å²) in [6.07, 6.45) is 1.60. The normalized spacial score (nSPS) is 17.8. The highest BCUT2D eigenvalue weighted by Gasteiger charge is 2.43. The first-order valence-electron chi connectivity index (χ1n) is 12.0. The van der Waals surface area contributed by atoms with Crippen molar-refractivity contribution in [2.24, 2.45) is 0 Å². The van der Waals surface area contributed by atoms with Gasteiger partial charge in [0.15, 0.2) is 12.4 Å². The van der Waals surface area contributed by atoms with Crippen LogP contribution in [0.2, 0.25) is 5.02 Å². The Morgan fingerprint density at radius 2 is 1.78 bits per heavy atom. The van der Waals surface area contributed by atoms with Gasteiger partial charge in [0.05, 0.1) is 21.8 Å². The number of alkyl halides is 3. The number of carbonyl (C=O) groups excluding carboxylic acids is 2. The number of ketones is 1. The van der Waals surface area contributed by atoms with E-state index in [2.05, 4.69) is 0 Å². The number of pyridine rings is 2. The molecule has 1 fully saturated rings. The fraction of sp³-hybridized carbons (Fsp3) is 0.385. The van der Waals surface area contributed by atoms with Crippen LogP contribution in [0.15, 0.2) is 47.7 Å². The molecule has 5 rings (SSSR count). The maximum absolute atomic E-state index is 13.5. The Bertz CT molecular complexity index is 1450. The molecule has 11 heteroatoms. The number of amides is 1. The number of anilines is 1. The highest BCUT2D eigenvalue weighted by atomic mass is 35.5. The van der Waals surface area contributed by atoms with Gasteiger partial charge in [0.25, 0.3) is 0 Å². The van der Waals surface area contributed by atoms with Crippen LogP contribution in [0.4, 0.5) is 18.9 Å². The fourth-order valence-electron chi connectivity index (χ4n) is 5.28. The smallest absolute Gasteiger partial charge is 0.366 e. The van der Waals surface area contributed by atoms with Gasteiger partial charge in [-0.1, -0.05) is 17.7 Å². The lowest BCUT2D eigenvalue weighted by molar-refractivity contribution is -0.683. The summed E-state index contributed by atoms with van der Waals surface area (Å²) in [5.74, 6) is -2.15. The summed E-state index contributed by atoms with van der Waals surface area (Å²) >= 11 is 6.70. The largest absolute Gasteiger partial charge is 0.471 e. The standard InChI is InChI=1S/C26H25ClF3N4O3/c1-16-5-6-17-22-18(24(36)19(14-34(16)22)21(35)15-31-7-3-2-4-8-31)13-20(27)23(17)32-9-11-33(12-10-32)25(37)26(28,29)30/h2-4,7-8,13-14,16H,5-6,9-12,15H2,1H3/q+1. The maximum Gasteiger partial charge on any atom is 0.471 e. The lowest BCUT2D eigenvalue weighted by Crippen LogP contribution is -2.52. The van der Waals surface area contributed by atoms with Crippen molar-refractivity contribution >= 4 is 39.9 Å². The quantitative estimate of drug-likeness (QED) is 0.380. The van der Waals surface area contributed by atoms with Gasteiger partial charge in [-0.3, -0.25) is 14.4 Å². The topological polar surface area (TPSA) is 66.5 Å². The third-order valence-electron chi connectivity index (χ3n) is 7.16. The van der Waals surface area contributed by atoms with Gasteiger partial charge in [0.2, 0.25) is 17.8 Å². The summed E-state index contributed by atoms with van der Waals surface area (Å²) in [6.45, 7) is 2.24. The van der Waals surface area contributed by atoms with E-state index in [9.17, 15) is 27.6 Å². The van der Waals surface area contributed by atoms with Gasteiger partial charge >= 0.3 is 12.1 Å². The minimum atomic E-state index is -4.91. The average molecular weight is 534 g/mol. The zero-order chi connectivity index (χ0) is 26.5. The SMILES string of the molecule is CC1CCc2c(N3CCN(C(=O)C(F)(F)F)CC3)c(Cl)cc3c(=O)c(C(=O)C[n+]4ccccc4)cn1c23. The molecule has 1 unspecified atom stereocenters. The van der Waals surface area contributed by atoms with Crippen LogP contribution >= 0.6 is 11.6 Å². The summed E-state index contributed by atoms with van der Waals surface area (Å²) in [5.41, 5.74) is 1.90. The van der Waals surface area contributed by atoms with E-state index in [1.807, 2.05) is 22.5 Å². The molecule has 0 N–H and O–H groups in total. The van der Waals surface area contributed by atoms with Crippen LogP contribution in [0.5, 0.6) is 0 Å². The monoisotopic (exact) mass is 533 g/mol. The van der Waals surface area contributed by atoms with Crippen LogP contribution in [-0.4, -0.2) is 53.5 Å². The first kappa shape index (κ1) is 25.3. The minimum absolute atomic E-state index is 0.0234. The first-order valence-corrected chi connectivity index (χ1v) is 12.4. The van der Waals surface area contributed by atoms with Gasteiger partial charge in [-0.2, -0.15) is 17.7 Å². The van der Waals surface area contributed by atoms with Crippen LogP contribution in [-0.2, 0) is 17.8 Å². The summed E-state index contributed by atoms with van der Waals surface area (Å²) in [7, 11) is 0. The summed E-state index contributed by atoms with van der Waals surface area (Å²) in [6, 6.07) is 7.04. The Balaban J connectivity index is 1.54. The van der Waals surface area contributed by atoms with Crippen molar-refractivity contribution in [2.75, 3.05) is 31.1 Å². The number of aryl methyl sites for hydroxylation is 1. The summed E-state index contributed by atoms with van der Waals surface area (Å²) in [5, 5.41) is 0.656. The van der Waals surface area contributed by atoms with Crippen LogP contribution < -0.4 is 14.9 Å². The predicted octanol–water partition coefficient (Wildman–Crippen LogP) is 3.54. The molecule has 0 spiro atoms. The molecule has 1 atom stereocenters. The van der Waals surface area contributed by atoms with Crippen LogP contribution in [0, 0.1) is 0 Å². The second-order valence-electron chi connectivity index (χ2n) is 9.50. The Morgan fingerprint density at radius 1 is 1.11 bits per heavy atom. The third-order valence-corrected chi connectivity index (χ3v) is 7.44. The van der Waals surface area contributed by atoms with E-state index in [0.717, 1.165) is 16.9 Å². The first-order chi connectivity index (χ1) is 17.6. The number of hydrogen-bond donors (Lipinski definition) is 0. The summed E-state index contributed by atoms with van der Waals surface area (Å²) < 4.78 is 42.2. The number of Topliss-reactive ketones (excluding diaryl/α,β-unsaturated/α-hetero) is 1. The van der Waals surface area contributed by atoms with E-state index >= 15 is 0 Å². The Morgan fingerprint density at radius 3 is 2.43 bits per heavy atom. The van der Waals surface area contributed by atoms with Crippen molar-refractivity contribution in [3.8, 4) is 0 Å². The molecule has 1 amide bonds. The van der Waals surface area contributed by atoms with Crippen LogP contribution in [0.25, 0.3) is 10.9 Å². The number of aromatic nitrogens is 2. The van der Waals surface area contributed by atoms with Crippen molar-refractivity contribution in [2.45, 2.75) is 38.5 Å². The molecule has 37 heavy (non-hydrogen) atoms. The number of rotatable bonds is 4. The molecule has 1 saturated heterocycles. The van der Waals surface area contributed by atoms with E-state index in [0.29, 0.717) is 28.0 Å². The lowest BCUT2D eigenvalue weighted by Gasteiger charge is -2.39. The fourth-order valence-corrected chi connectivity index (χ4v) is 5.62. The molecule has 7 nitrogen and oxygen atoms in total. The highest BCUT2D eigenvalue weighted by Crippen LogP contribution is 2.41. The molecule has 2 aliphatic heterocycles. The predicted molar refractivity (Wildman–Crippen MR) is 132 cm³/mol. The Labute approximate surface area is 215 Å². The molecule has 194 valence electrons. The van der Waals surface area contributed by atoms with E-state index in [-0.39, 0.29) is 50.1 Å². The van der Waals surface area contributed by atoms with Gasteiger partial charge in [0, 0.05) is 61.5 Å². The van der Waals surface area contributed by atoms with Crippen molar-refractivity contribution < 1.29 is 27.3 Å². The van der Waals surface area contributed by atoms with Gasteiger partial charge in [-0.15, -0.1) is 0 Å². The van der Waals surface area contributed by atoms with E-state index in [1.54, 1.807) is 41.4 Å². The molecular formula is C26H25ClF3N4O3+. The molecular weight excluding hydrogens is 509 g/mol.